The predicted molar refractivity (Wildman–Crippen MR) is 74.0 cm³/mol. The lowest BCUT2D eigenvalue weighted by molar-refractivity contribution is -0.697. The summed E-state index contributed by atoms with van der Waals surface area (Å²) in [5.41, 5.74) is 1.97. The van der Waals surface area contributed by atoms with E-state index in [1.807, 2.05) is 0 Å². The molecule has 0 amide bonds. The van der Waals surface area contributed by atoms with Crippen LogP contribution in [0.3, 0.4) is 0 Å². The van der Waals surface area contributed by atoms with Gasteiger partial charge in [-0.3, -0.25) is 0 Å². The second kappa shape index (κ2) is 5.20. The molecule has 1 aromatic rings. The Morgan fingerprint density at radius 2 is 1.76 bits per heavy atom. The van der Waals surface area contributed by atoms with Gasteiger partial charge in [-0.2, -0.15) is 0 Å². The molecule has 0 spiro atoms. The highest BCUT2D eigenvalue weighted by Crippen LogP contribution is 2.42. The molecule has 1 heteroatoms. The highest BCUT2D eigenvalue weighted by atomic mass is 14.9. The van der Waals surface area contributed by atoms with Gasteiger partial charge in [-0.05, 0) is 11.5 Å². The lowest BCUT2D eigenvalue weighted by atomic mass is 9.63. The summed E-state index contributed by atoms with van der Waals surface area (Å²) in [7, 11) is 0. The van der Waals surface area contributed by atoms with Crippen LogP contribution >= 0.6 is 0 Å². The van der Waals surface area contributed by atoms with E-state index >= 15 is 0 Å². The standard InChI is InChI=1S/C16H28N/c1-7-11-17-12-9-10-14(13-17)16(5,6)15(3,4)8-2/h9-10,12-13H,7-8,11H2,1-6H3/q+1. The smallest absolute Gasteiger partial charge is 0.172 e. The van der Waals surface area contributed by atoms with Crippen molar-refractivity contribution in [2.24, 2.45) is 5.41 Å². The Hall–Kier alpha value is -0.850. The van der Waals surface area contributed by atoms with E-state index in [2.05, 4.69) is 70.6 Å². The van der Waals surface area contributed by atoms with Gasteiger partial charge in [-0.1, -0.05) is 48.0 Å². The van der Waals surface area contributed by atoms with Crippen LogP contribution in [0.4, 0.5) is 0 Å². The molecule has 0 saturated carbocycles. The minimum atomic E-state index is 0.207. The number of rotatable bonds is 5. The second-order valence-electron chi connectivity index (χ2n) is 6.19. The number of aryl methyl sites for hydroxylation is 1. The third kappa shape index (κ3) is 2.88. The van der Waals surface area contributed by atoms with Gasteiger partial charge >= 0.3 is 0 Å². The zero-order valence-corrected chi connectivity index (χ0v) is 12.4. The van der Waals surface area contributed by atoms with Crippen molar-refractivity contribution in [3.63, 3.8) is 0 Å². The number of hydrogen-bond acceptors (Lipinski definition) is 0. The summed E-state index contributed by atoms with van der Waals surface area (Å²) in [4.78, 5) is 0. The maximum atomic E-state index is 2.37. The van der Waals surface area contributed by atoms with Crippen LogP contribution in [0.2, 0.25) is 0 Å². The molecule has 0 aromatic carbocycles. The average molecular weight is 234 g/mol. The van der Waals surface area contributed by atoms with Crippen LogP contribution in [0, 0.1) is 5.41 Å². The van der Waals surface area contributed by atoms with Gasteiger partial charge in [0, 0.05) is 23.5 Å². The fraction of sp³-hybridized carbons (Fsp3) is 0.688. The van der Waals surface area contributed by atoms with Crippen molar-refractivity contribution in [3.8, 4) is 0 Å². The molecule has 0 aliphatic heterocycles. The number of nitrogens with zero attached hydrogens (tertiary/aromatic N) is 1. The SMILES string of the molecule is CCC[n+]1cccc(C(C)(C)C(C)(C)CC)c1. The fourth-order valence-electron chi connectivity index (χ4n) is 2.12. The van der Waals surface area contributed by atoms with Gasteiger partial charge < -0.3 is 0 Å². The van der Waals surface area contributed by atoms with Crippen LogP contribution in [0.5, 0.6) is 0 Å². The quantitative estimate of drug-likeness (QED) is 0.675. The van der Waals surface area contributed by atoms with E-state index in [1.54, 1.807) is 0 Å². The van der Waals surface area contributed by atoms with Gasteiger partial charge in [0.25, 0.3) is 0 Å². The average Bonchev–Trinajstić information content (AvgIpc) is 2.29. The fourth-order valence-corrected chi connectivity index (χ4v) is 2.12. The molecule has 1 nitrogen and oxygen atoms in total. The van der Waals surface area contributed by atoms with E-state index in [9.17, 15) is 0 Å². The molecule has 1 aromatic heterocycles. The molecule has 0 N–H and O–H groups in total. The monoisotopic (exact) mass is 234 g/mol. The minimum Gasteiger partial charge on any atom is -0.205 e. The molecule has 0 aliphatic carbocycles. The summed E-state index contributed by atoms with van der Waals surface area (Å²) in [5.74, 6) is 0. The molecule has 96 valence electrons. The topological polar surface area (TPSA) is 3.88 Å². The van der Waals surface area contributed by atoms with Crippen molar-refractivity contribution in [3.05, 3.63) is 30.1 Å². The van der Waals surface area contributed by atoms with Crippen LogP contribution in [0.25, 0.3) is 0 Å². The molecule has 1 heterocycles. The van der Waals surface area contributed by atoms with E-state index in [0.717, 1.165) is 6.54 Å². The van der Waals surface area contributed by atoms with Gasteiger partial charge in [0.15, 0.2) is 12.4 Å². The van der Waals surface area contributed by atoms with Crippen molar-refractivity contribution < 1.29 is 4.57 Å². The maximum absolute atomic E-state index is 2.37. The van der Waals surface area contributed by atoms with Crippen LogP contribution in [0.15, 0.2) is 24.5 Å². The summed E-state index contributed by atoms with van der Waals surface area (Å²) in [5, 5.41) is 0. The Morgan fingerprint density at radius 3 is 2.29 bits per heavy atom. The van der Waals surface area contributed by atoms with Gasteiger partial charge in [0.05, 0.1) is 0 Å². The largest absolute Gasteiger partial charge is 0.205 e. The van der Waals surface area contributed by atoms with Crippen molar-refractivity contribution in [1.29, 1.82) is 0 Å². The Morgan fingerprint density at radius 1 is 1.12 bits per heavy atom. The third-order valence-corrected chi connectivity index (χ3v) is 4.64. The number of pyridine rings is 1. The molecular weight excluding hydrogens is 206 g/mol. The molecule has 0 aliphatic rings. The maximum Gasteiger partial charge on any atom is 0.172 e. The second-order valence-corrected chi connectivity index (χ2v) is 6.19. The van der Waals surface area contributed by atoms with Crippen molar-refractivity contribution in [2.45, 2.75) is 66.3 Å². The number of hydrogen-bond donors (Lipinski definition) is 0. The third-order valence-electron chi connectivity index (χ3n) is 4.64. The van der Waals surface area contributed by atoms with Crippen molar-refractivity contribution in [1.82, 2.24) is 0 Å². The summed E-state index contributed by atoms with van der Waals surface area (Å²) >= 11 is 0. The lowest BCUT2D eigenvalue weighted by Crippen LogP contribution is -2.40. The van der Waals surface area contributed by atoms with Gasteiger partial charge in [-0.15, -0.1) is 0 Å². The van der Waals surface area contributed by atoms with E-state index < -0.39 is 0 Å². The summed E-state index contributed by atoms with van der Waals surface area (Å²) in [6.45, 7) is 15.1. The van der Waals surface area contributed by atoms with Gasteiger partial charge in [0.1, 0.15) is 6.54 Å². The lowest BCUT2D eigenvalue weighted by Gasteiger charge is -2.40. The minimum absolute atomic E-state index is 0.207. The first-order chi connectivity index (χ1) is 7.85. The summed E-state index contributed by atoms with van der Waals surface area (Å²) in [6, 6.07) is 4.45. The van der Waals surface area contributed by atoms with Crippen LogP contribution < -0.4 is 4.57 Å². The first-order valence-corrected chi connectivity index (χ1v) is 6.84. The van der Waals surface area contributed by atoms with Crippen LogP contribution in [-0.4, -0.2) is 0 Å². The van der Waals surface area contributed by atoms with E-state index in [1.165, 1.54) is 18.4 Å². The molecule has 1 rings (SSSR count). The molecule has 17 heavy (non-hydrogen) atoms. The molecule has 0 atom stereocenters. The first-order valence-electron chi connectivity index (χ1n) is 6.84. The van der Waals surface area contributed by atoms with Crippen LogP contribution in [-0.2, 0) is 12.0 Å². The number of aromatic nitrogens is 1. The molecule has 0 unspecified atom stereocenters. The Kier molecular flexibility index (Phi) is 4.35. The van der Waals surface area contributed by atoms with Gasteiger partial charge in [0.2, 0.25) is 0 Å². The molecule has 0 bridgehead atoms. The van der Waals surface area contributed by atoms with Gasteiger partial charge in [-0.25, -0.2) is 4.57 Å². The Balaban J connectivity index is 3.10. The zero-order valence-electron chi connectivity index (χ0n) is 12.4. The zero-order chi connectivity index (χ0) is 13.1. The van der Waals surface area contributed by atoms with E-state index in [-0.39, 0.29) is 5.41 Å². The first kappa shape index (κ1) is 14.2. The van der Waals surface area contributed by atoms with E-state index in [4.69, 9.17) is 0 Å². The highest BCUT2D eigenvalue weighted by molar-refractivity contribution is 5.21. The molecular formula is C16H28N+. The Labute approximate surface area is 107 Å². The highest BCUT2D eigenvalue weighted by Gasteiger charge is 2.38. The molecule has 0 radical (unpaired) electrons. The summed E-state index contributed by atoms with van der Waals surface area (Å²) in [6.07, 6.45) is 6.87. The molecule has 0 fully saturated rings. The summed E-state index contributed by atoms with van der Waals surface area (Å²) < 4.78 is 2.31. The van der Waals surface area contributed by atoms with Crippen LogP contribution in [0.1, 0.15) is 59.9 Å². The van der Waals surface area contributed by atoms with Crippen molar-refractivity contribution in [2.75, 3.05) is 0 Å². The normalized spacial score (nSPS) is 12.8. The predicted octanol–water partition coefficient (Wildman–Crippen LogP) is 4.10. The molecule has 0 saturated heterocycles. The van der Waals surface area contributed by atoms with E-state index in [0.29, 0.717) is 5.41 Å². The van der Waals surface area contributed by atoms with Crippen molar-refractivity contribution >= 4 is 0 Å². The Bertz CT molecular complexity index is 364.